The Bertz CT molecular complexity index is 488. The Morgan fingerprint density at radius 3 is 2.52 bits per heavy atom. The van der Waals surface area contributed by atoms with Gasteiger partial charge in [-0.15, -0.1) is 24.8 Å². The number of nitrogens with one attached hydrogen (secondary N) is 1. The first kappa shape index (κ1) is 24.0. The number of nitrogens with two attached hydrogens (primary N) is 1. The molecule has 0 spiro atoms. The molecule has 0 aliphatic rings. The first-order valence-electron chi connectivity index (χ1n) is 6.37. The molecule has 10 heteroatoms. The third kappa shape index (κ3) is 8.83. The Morgan fingerprint density at radius 2 is 2.00 bits per heavy atom. The number of amides is 1. The zero-order valence-corrected chi connectivity index (χ0v) is 14.2. The number of nitrogens with zero attached hydrogens (tertiary/aromatic N) is 1. The van der Waals surface area contributed by atoms with Crippen molar-refractivity contribution < 1.29 is 22.7 Å². The second-order valence-corrected chi connectivity index (χ2v) is 4.74. The monoisotopic (exact) mass is 377 g/mol. The molecular weight excluding hydrogens is 358 g/mol. The topological polar surface area (TPSA) is 77.2 Å². The minimum Gasteiger partial charge on any atom is -0.468 e. The molecule has 23 heavy (non-hydrogen) atoms. The van der Waals surface area contributed by atoms with E-state index in [0.717, 1.165) is 0 Å². The second kappa shape index (κ2) is 10.5. The summed E-state index contributed by atoms with van der Waals surface area (Å²) >= 11 is 0. The van der Waals surface area contributed by atoms with E-state index >= 15 is 0 Å². The van der Waals surface area contributed by atoms with E-state index in [9.17, 15) is 18.0 Å². The summed E-state index contributed by atoms with van der Waals surface area (Å²) in [5.74, 6) is -0.833. The molecule has 0 saturated carbocycles. The predicted octanol–water partition coefficient (Wildman–Crippen LogP) is 2.47. The molecule has 1 aromatic heterocycles. The third-order valence-electron chi connectivity index (χ3n) is 2.88. The molecule has 5 nitrogen and oxygen atoms in total. The van der Waals surface area contributed by atoms with Crippen molar-refractivity contribution in [1.82, 2.24) is 10.3 Å². The molecule has 1 rings (SSSR count). The first-order valence-corrected chi connectivity index (χ1v) is 6.37. The molecule has 3 N–H and O–H groups in total. The molecule has 2 unspecified atom stereocenters. The molecular formula is C13H20Cl2F3N3O2. The summed E-state index contributed by atoms with van der Waals surface area (Å²) in [6.07, 6.45) is -3.12. The van der Waals surface area contributed by atoms with Crippen LogP contribution in [0.5, 0.6) is 5.88 Å². The number of pyridine rings is 1. The maximum Gasteiger partial charge on any atom is 0.422 e. The fourth-order valence-electron chi connectivity index (χ4n) is 1.42. The van der Waals surface area contributed by atoms with E-state index in [1.807, 2.05) is 0 Å². The summed E-state index contributed by atoms with van der Waals surface area (Å²) < 4.78 is 41.1. The van der Waals surface area contributed by atoms with E-state index in [-0.39, 0.29) is 49.2 Å². The van der Waals surface area contributed by atoms with Crippen LogP contribution in [0.4, 0.5) is 13.2 Å². The molecule has 0 aliphatic heterocycles. The highest BCUT2D eigenvalue weighted by atomic mass is 35.5. The number of hydrogen-bond donors (Lipinski definition) is 2. The van der Waals surface area contributed by atoms with E-state index in [4.69, 9.17) is 5.73 Å². The average molecular weight is 378 g/mol. The van der Waals surface area contributed by atoms with Crippen molar-refractivity contribution in [3.63, 3.8) is 0 Å². The summed E-state index contributed by atoms with van der Waals surface area (Å²) in [4.78, 5) is 15.5. The van der Waals surface area contributed by atoms with E-state index in [1.165, 1.54) is 12.3 Å². The summed E-state index contributed by atoms with van der Waals surface area (Å²) in [7, 11) is 0. The minimum atomic E-state index is -4.44. The predicted molar refractivity (Wildman–Crippen MR) is 84.9 cm³/mol. The number of alkyl halides is 3. The van der Waals surface area contributed by atoms with Crippen molar-refractivity contribution >= 4 is 30.7 Å². The van der Waals surface area contributed by atoms with Crippen LogP contribution in [-0.4, -0.2) is 29.7 Å². The van der Waals surface area contributed by atoms with Crippen LogP contribution in [0.15, 0.2) is 18.3 Å². The van der Waals surface area contributed by atoms with Crippen LogP contribution in [0, 0.1) is 5.92 Å². The number of rotatable bonds is 6. The van der Waals surface area contributed by atoms with Gasteiger partial charge in [-0.05, 0) is 13.0 Å². The lowest BCUT2D eigenvalue weighted by molar-refractivity contribution is -0.154. The van der Waals surface area contributed by atoms with Crippen LogP contribution < -0.4 is 15.8 Å². The van der Waals surface area contributed by atoms with Gasteiger partial charge in [-0.3, -0.25) is 4.79 Å². The molecule has 1 aromatic rings. The van der Waals surface area contributed by atoms with Gasteiger partial charge < -0.3 is 15.8 Å². The maximum atomic E-state index is 12.1. The standard InChI is InChI=1S/C13H18F3N3O2.2ClH/c1-8(9(2)17)11(20)19-6-10-4-3-5-18-12(10)21-7-13(14,15)16;;/h3-5,8-9H,6-7,17H2,1-2H3,(H,19,20);2*1H. The molecule has 0 radical (unpaired) electrons. The van der Waals surface area contributed by atoms with Gasteiger partial charge in [0.25, 0.3) is 0 Å². The summed E-state index contributed by atoms with van der Waals surface area (Å²) in [5, 5.41) is 2.60. The van der Waals surface area contributed by atoms with Crippen molar-refractivity contribution in [3.05, 3.63) is 23.9 Å². The van der Waals surface area contributed by atoms with Crippen LogP contribution in [0.1, 0.15) is 19.4 Å². The molecule has 0 bridgehead atoms. The summed E-state index contributed by atoms with van der Waals surface area (Å²) in [5.41, 5.74) is 5.98. The smallest absolute Gasteiger partial charge is 0.422 e. The lowest BCUT2D eigenvalue weighted by Crippen LogP contribution is -2.38. The molecule has 134 valence electrons. The van der Waals surface area contributed by atoms with Crippen LogP contribution in [0.25, 0.3) is 0 Å². The summed E-state index contributed by atoms with van der Waals surface area (Å²) in [6.45, 7) is 1.97. The molecule has 0 aromatic carbocycles. The average Bonchev–Trinajstić information content (AvgIpc) is 2.41. The van der Waals surface area contributed by atoms with Crippen LogP contribution in [0.2, 0.25) is 0 Å². The SMILES string of the molecule is CC(N)C(C)C(=O)NCc1cccnc1OCC(F)(F)F.Cl.Cl. The van der Waals surface area contributed by atoms with Gasteiger partial charge in [0.05, 0.1) is 0 Å². The van der Waals surface area contributed by atoms with E-state index in [2.05, 4.69) is 15.0 Å². The van der Waals surface area contributed by atoms with Gasteiger partial charge in [0.2, 0.25) is 11.8 Å². The maximum absolute atomic E-state index is 12.1. The van der Waals surface area contributed by atoms with Crippen molar-refractivity contribution in [2.24, 2.45) is 11.7 Å². The van der Waals surface area contributed by atoms with Crippen molar-refractivity contribution in [1.29, 1.82) is 0 Å². The Balaban J connectivity index is 0. The van der Waals surface area contributed by atoms with Gasteiger partial charge in [-0.2, -0.15) is 13.2 Å². The molecule has 0 fully saturated rings. The number of hydrogen-bond acceptors (Lipinski definition) is 4. The van der Waals surface area contributed by atoms with Crippen molar-refractivity contribution in [3.8, 4) is 5.88 Å². The molecule has 0 aliphatic carbocycles. The number of aromatic nitrogens is 1. The zero-order chi connectivity index (χ0) is 16.0. The Kier molecular flexibility index (Phi) is 11.0. The highest BCUT2D eigenvalue weighted by molar-refractivity contribution is 5.85. The van der Waals surface area contributed by atoms with Gasteiger partial charge in [0, 0.05) is 30.3 Å². The van der Waals surface area contributed by atoms with E-state index in [0.29, 0.717) is 5.56 Å². The highest BCUT2D eigenvalue weighted by Crippen LogP contribution is 2.19. The van der Waals surface area contributed by atoms with Crippen LogP contribution in [0.3, 0.4) is 0 Å². The summed E-state index contributed by atoms with van der Waals surface area (Å²) in [6, 6.07) is 2.77. The number of ether oxygens (including phenoxy) is 1. The first-order chi connectivity index (χ1) is 9.70. The van der Waals surface area contributed by atoms with Gasteiger partial charge in [0.1, 0.15) is 0 Å². The minimum absolute atomic E-state index is 0. The molecule has 1 amide bonds. The quantitative estimate of drug-likeness (QED) is 0.798. The number of halogens is 5. The van der Waals surface area contributed by atoms with Gasteiger partial charge in [-0.25, -0.2) is 4.98 Å². The number of carbonyl (C=O) groups is 1. The Morgan fingerprint density at radius 1 is 1.39 bits per heavy atom. The van der Waals surface area contributed by atoms with Crippen LogP contribution >= 0.6 is 24.8 Å². The van der Waals surface area contributed by atoms with E-state index in [1.54, 1.807) is 19.9 Å². The number of carbonyl (C=O) groups excluding carboxylic acids is 1. The molecule has 2 atom stereocenters. The van der Waals surface area contributed by atoms with E-state index < -0.39 is 18.7 Å². The lowest BCUT2D eigenvalue weighted by Gasteiger charge is -2.16. The Hall–Kier alpha value is -1.25. The van der Waals surface area contributed by atoms with Crippen molar-refractivity contribution in [2.45, 2.75) is 32.6 Å². The largest absolute Gasteiger partial charge is 0.468 e. The second-order valence-electron chi connectivity index (χ2n) is 4.74. The normalized spacial score (nSPS) is 13.1. The van der Waals surface area contributed by atoms with Gasteiger partial charge in [0.15, 0.2) is 6.61 Å². The molecule has 1 heterocycles. The van der Waals surface area contributed by atoms with Gasteiger partial charge in [-0.1, -0.05) is 13.0 Å². The molecule has 0 saturated heterocycles. The highest BCUT2D eigenvalue weighted by Gasteiger charge is 2.29. The van der Waals surface area contributed by atoms with Crippen molar-refractivity contribution in [2.75, 3.05) is 6.61 Å². The fourth-order valence-corrected chi connectivity index (χ4v) is 1.42. The van der Waals surface area contributed by atoms with Crippen LogP contribution in [-0.2, 0) is 11.3 Å². The van der Waals surface area contributed by atoms with Gasteiger partial charge >= 0.3 is 6.18 Å². The lowest BCUT2D eigenvalue weighted by atomic mass is 10.0. The zero-order valence-electron chi connectivity index (χ0n) is 12.6. The third-order valence-corrected chi connectivity index (χ3v) is 2.88. The Labute approximate surface area is 145 Å². The fraction of sp³-hybridized carbons (Fsp3) is 0.538.